The third-order valence-electron chi connectivity index (χ3n) is 2.75. The van der Waals surface area contributed by atoms with E-state index in [-0.39, 0.29) is 6.03 Å². The highest BCUT2D eigenvalue weighted by Crippen LogP contribution is 2.30. The van der Waals surface area contributed by atoms with E-state index in [1.54, 1.807) is 27.7 Å². The first-order valence-corrected chi connectivity index (χ1v) is 4.38. The molecule has 0 aromatic rings. The lowest BCUT2D eigenvalue weighted by Gasteiger charge is -2.38. The summed E-state index contributed by atoms with van der Waals surface area (Å²) in [4.78, 5) is 22.0. The second-order valence-electron chi connectivity index (χ2n) is 4.26. The van der Waals surface area contributed by atoms with Crippen LogP contribution in [-0.4, -0.2) is 29.7 Å². The Morgan fingerprint density at radius 3 is 1.86 bits per heavy atom. The van der Waals surface area contributed by atoms with Crippen molar-refractivity contribution in [3.05, 3.63) is 0 Å². The zero-order chi connectivity index (χ0) is 11.6. The summed E-state index contributed by atoms with van der Waals surface area (Å²) in [6, 6.07) is -0.385. The van der Waals surface area contributed by atoms with Crippen LogP contribution in [0, 0.1) is 5.41 Å². The van der Waals surface area contributed by atoms with Crippen LogP contribution >= 0.6 is 0 Å². The fraction of sp³-hybridized carbons (Fsp3) is 0.778. The Hall–Kier alpha value is -1.26. The van der Waals surface area contributed by atoms with Gasteiger partial charge in [-0.3, -0.25) is 4.79 Å². The van der Waals surface area contributed by atoms with E-state index in [4.69, 9.17) is 5.11 Å². The quantitative estimate of drug-likeness (QED) is 0.633. The van der Waals surface area contributed by atoms with Crippen LogP contribution in [0.5, 0.6) is 0 Å². The van der Waals surface area contributed by atoms with Crippen molar-refractivity contribution in [1.29, 1.82) is 0 Å². The van der Waals surface area contributed by atoms with Crippen molar-refractivity contribution < 1.29 is 14.7 Å². The van der Waals surface area contributed by atoms with Gasteiger partial charge in [0, 0.05) is 7.05 Å². The number of carboxylic acid groups (broad SMARTS) is 1. The number of rotatable bonds is 3. The molecule has 0 saturated heterocycles. The van der Waals surface area contributed by atoms with E-state index in [9.17, 15) is 9.59 Å². The van der Waals surface area contributed by atoms with Crippen LogP contribution < -0.4 is 10.6 Å². The number of aliphatic carboxylic acids is 1. The molecule has 0 aliphatic carbocycles. The molecule has 0 radical (unpaired) electrons. The number of carboxylic acids is 1. The second-order valence-corrected chi connectivity index (χ2v) is 4.26. The lowest BCUT2D eigenvalue weighted by molar-refractivity contribution is -0.150. The summed E-state index contributed by atoms with van der Waals surface area (Å²) >= 11 is 0. The number of hydrogen-bond donors (Lipinski definition) is 3. The normalized spacial score (nSPS) is 12.1. The van der Waals surface area contributed by atoms with Crippen LogP contribution in [0.4, 0.5) is 4.79 Å². The van der Waals surface area contributed by atoms with E-state index in [1.807, 2.05) is 0 Å². The summed E-state index contributed by atoms with van der Waals surface area (Å²) in [5.74, 6) is -0.945. The van der Waals surface area contributed by atoms with Gasteiger partial charge in [-0.1, -0.05) is 0 Å². The Morgan fingerprint density at radius 1 is 1.14 bits per heavy atom. The van der Waals surface area contributed by atoms with E-state index < -0.39 is 16.9 Å². The molecule has 2 amide bonds. The lowest BCUT2D eigenvalue weighted by atomic mass is 9.74. The highest BCUT2D eigenvalue weighted by molar-refractivity contribution is 5.79. The van der Waals surface area contributed by atoms with Gasteiger partial charge in [0.25, 0.3) is 0 Å². The van der Waals surface area contributed by atoms with E-state index in [0.717, 1.165) is 0 Å². The van der Waals surface area contributed by atoms with Gasteiger partial charge < -0.3 is 15.7 Å². The first-order chi connectivity index (χ1) is 6.15. The van der Waals surface area contributed by atoms with Crippen LogP contribution in [0.1, 0.15) is 27.7 Å². The minimum atomic E-state index is -1.03. The Labute approximate surface area is 83.9 Å². The fourth-order valence-electron chi connectivity index (χ4n) is 0.770. The zero-order valence-corrected chi connectivity index (χ0v) is 9.26. The van der Waals surface area contributed by atoms with Crippen molar-refractivity contribution in [3.8, 4) is 0 Å². The lowest BCUT2D eigenvalue weighted by Crippen LogP contribution is -2.58. The third-order valence-corrected chi connectivity index (χ3v) is 2.75. The van der Waals surface area contributed by atoms with Crippen LogP contribution in [0.3, 0.4) is 0 Å². The zero-order valence-electron chi connectivity index (χ0n) is 9.26. The van der Waals surface area contributed by atoms with Gasteiger partial charge in [-0.25, -0.2) is 4.79 Å². The molecule has 5 nitrogen and oxygen atoms in total. The molecule has 0 aromatic carbocycles. The number of nitrogens with one attached hydrogen (secondary N) is 2. The highest BCUT2D eigenvalue weighted by atomic mass is 16.4. The standard InChI is InChI=1S/C9H18N2O3/c1-8(2,6(12)13)9(3,4)11-7(14)10-5/h1-5H3,(H,12,13)(H2,10,11,14). The van der Waals surface area contributed by atoms with E-state index in [2.05, 4.69) is 10.6 Å². The number of hydrogen-bond acceptors (Lipinski definition) is 2. The minimum Gasteiger partial charge on any atom is -0.481 e. The second kappa shape index (κ2) is 3.86. The average Bonchev–Trinajstić information content (AvgIpc) is 2.02. The molecule has 0 unspecified atom stereocenters. The molecule has 0 heterocycles. The van der Waals surface area contributed by atoms with Gasteiger partial charge in [0.1, 0.15) is 0 Å². The van der Waals surface area contributed by atoms with Gasteiger partial charge in [-0.15, -0.1) is 0 Å². The molecule has 0 bridgehead atoms. The van der Waals surface area contributed by atoms with Crippen molar-refractivity contribution in [2.24, 2.45) is 5.41 Å². The molecule has 3 N–H and O–H groups in total. The van der Waals surface area contributed by atoms with Gasteiger partial charge in [-0.2, -0.15) is 0 Å². The molecule has 0 rings (SSSR count). The maximum atomic E-state index is 11.1. The van der Waals surface area contributed by atoms with Gasteiger partial charge in [0.05, 0.1) is 11.0 Å². The SMILES string of the molecule is CNC(=O)NC(C)(C)C(C)(C)C(=O)O. The minimum absolute atomic E-state index is 0.385. The molecular weight excluding hydrogens is 184 g/mol. The molecule has 0 aliphatic rings. The maximum absolute atomic E-state index is 11.1. The Morgan fingerprint density at radius 2 is 1.57 bits per heavy atom. The van der Waals surface area contributed by atoms with Crippen molar-refractivity contribution in [2.45, 2.75) is 33.2 Å². The molecular formula is C9H18N2O3. The van der Waals surface area contributed by atoms with E-state index >= 15 is 0 Å². The first-order valence-electron chi connectivity index (χ1n) is 4.38. The van der Waals surface area contributed by atoms with E-state index in [1.165, 1.54) is 7.05 Å². The van der Waals surface area contributed by atoms with Crippen LogP contribution in [0.25, 0.3) is 0 Å². The summed E-state index contributed by atoms with van der Waals surface area (Å²) in [7, 11) is 1.49. The largest absolute Gasteiger partial charge is 0.481 e. The molecule has 5 heteroatoms. The van der Waals surface area contributed by atoms with Gasteiger partial charge in [0.2, 0.25) is 0 Å². The maximum Gasteiger partial charge on any atom is 0.314 e. The van der Waals surface area contributed by atoms with Crippen molar-refractivity contribution in [2.75, 3.05) is 7.05 Å². The van der Waals surface area contributed by atoms with E-state index in [0.29, 0.717) is 0 Å². The number of carbonyl (C=O) groups excluding carboxylic acids is 1. The van der Waals surface area contributed by atoms with Gasteiger partial charge >= 0.3 is 12.0 Å². The van der Waals surface area contributed by atoms with Crippen LogP contribution in [-0.2, 0) is 4.79 Å². The average molecular weight is 202 g/mol. The molecule has 0 aromatic heterocycles. The first kappa shape index (κ1) is 12.7. The van der Waals surface area contributed by atoms with Crippen molar-refractivity contribution in [1.82, 2.24) is 10.6 Å². The van der Waals surface area contributed by atoms with Crippen molar-refractivity contribution in [3.63, 3.8) is 0 Å². The summed E-state index contributed by atoms with van der Waals surface area (Å²) in [5.41, 5.74) is -1.85. The summed E-state index contributed by atoms with van der Waals surface area (Å²) in [6.45, 7) is 6.50. The number of urea groups is 1. The molecule has 0 aliphatic heterocycles. The van der Waals surface area contributed by atoms with Crippen LogP contribution in [0.15, 0.2) is 0 Å². The number of carbonyl (C=O) groups is 2. The predicted octanol–water partition coefficient (Wildman–Crippen LogP) is 0.805. The Bertz CT molecular complexity index is 246. The number of amides is 2. The monoisotopic (exact) mass is 202 g/mol. The van der Waals surface area contributed by atoms with Crippen molar-refractivity contribution >= 4 is 12.0 Å². The molecule has 0 saturated carbocycles. The Balaban J connectivity index is 4.77. The molecule has 0 spiro atoms. The highest BCUT2D eigenvalue weighted by Gasteiger charge is 2.44. The smallest absolute Gasteiger partial charge is 0.314 e. The Kier molecular flexibility index (Phi) is 3.51. The topological polar surface area (TPSA) is 78.4 Å². The van der Waals surface area contributed by atoms with Crippen LogP contribution in [0.2, 0.25) is 0 Å². The molecule has 14 heavy (non-hydrogen) atoms. The molecule has 0 atom stereocenters. The molecule has 82 valence electrons. The third kappa shape index (κ3) is 2.37. The summed E-state index contributed by atoms with van der Waals surface area (Å²) in [6.07, 6.45) is 0. The van der Waals surface area contributed by atoms with Gasteiger partial charge in [0.15, 0.2) is 0 Å². The summed E-state index contributed by atoms with van der Waals surface area (Å²) < 4.78 is 0. The molecule has 0 fully saturated rings. The van der Waals surface area contributed by atoms with Gasteiger partial charge in [-0.05, 0) is 27.7 Å². The fourth-order valence-corrected chi connectivity index (χ4v) is 0.770. The predicted molar refractivity (Wildman–Crippen MR) is 53.1 cm³/mol. The summed E-state index contributed by atoms with van der Waals surface area (Å²) in [5, 5.41) is 14.0.